The van der Waals surface area contributed by atoms with E-state index in [4.69, 9.17) is 4.98 Å². The van der Waals surface area contributed by atoms with Crippen molar-refractivity contribution in [2.24, 2.45) is 0 Å². The molecule has 0 unspecified atom stereocenters. The number of ketones is 1. The van der Waals surface area contributed by atoms with Crippen molar-refractivity contribution in [2.75, 3.05) is 0 Å². The zero-order chi connectivity index (χ0) is 23.1. The van der Waals surface area contributed by atoms with E-state index in [1.807, 2.05) is 108 Å². The number of Topliss-reactive ketones (excluding diaryl/α,β-unsaturated/α-hetero) is 1. The van der Waals surface area contributed by atoms with Crippen LogP contribution in [-0.4, -0.2) is 20.7 Å². The molecular formula is C29H18BrN3O. The maximum absolute atomic E-state index is 13.7. The van der Waals surface area contributed by atoms with Crippen molar-refractivity contribution < 1.29 is 4.79 Å². The highest BCUT2D eigenvalue weighted by Crippen LogP contribution is 2.43. The fourth-order valence-corrected chi connectivity index (χ4v) is 4.76. The number of hydrogen-bond acceptors (Lipinski definition) is 4. The number of carbonyl (C=O) groups is 1. The van der Waals surface area contributed by atoms with Gasteiger partial charge in [-0.05, 0) is 56.9 Å². The Morgan fingerprint density at radius 1 is 0.794 bits per heavy atom. The largest absolute Gasteiger partial charge is 0.312 e. The van der Waals surface area contributed by atoms with Crippen molar-refractivity contribution >= 4 is 48.5 Å². The summed E-state index contributed by atoms with van der Waals surface area (Å²) in [5.74, 6) is -0.00296. The highest BCUT2D eigenvalue weighted by molar-refractivity contribution is 9.15. The van der Waals surface area contributed by atoms with E-state index in [0.29, 0.717) is 17.0 Å². The molecule has 0 fully saturated rings. The normalized spacial score (nSPS) is 16.7. The second-order valence-electron chi connectivity index (χ2n) is 8.01. The third-order valence-corrected chi connectivity index (χ3v) is 6.79. The molecule has 2 aliphatic rings. The molecule has 0 atom stereocenters. The molecule has 0 amide bonds. The number of aromatic nitrogens is 2. The topological polar surface area (TPSA) is 46.1 Å². The van der Waals surface area contributed by atoms with E-state index in [1.54, 1.807) is 6.20 Å². The number of nitrogens with zero attached hydrogens (tertiary/aromatic N) is 3. The van der Waals surface area contributed by atoms with Crippen LogP contribution in [0.15, 0.2) is 121 Å². The maximum Gasteiger partial charge on any atom is 0.212 e. The lowest BCUT2D eigenvalue weighted by atomic mass is 9.98. The zero-order valence-electron chi connectivity index (χ0n) is 18.0. The number of fused-ring (bicyclic) bond motifs is 2. The number of carbonyl (C=O) groups excluding carboxylic acids is 1. The monoisotopic (exact) mass is 503 g/mol. The highest BCUT2D eigenvalue weighted by atomic mass is 79.9. The van der Waals surface area contributed by atoms with Gasteiger partial charge in [0.2, 0.25) is 5.78 Å². The molecule has 0 spiro atoms. The van der Waals surface area contributed by atoms with Gasteiger partial charge < -0.3 is 4.90 Å². The Morgan fingerprint density at radius 3 is 2.18 bits per heavy atom. The van der Waals surface area contributed by atoms with E-state index in [-0.39, 0.29) is 5.78 Å². The Balaban J connectivity index is 1.48. The summed E-state index contributed by atoms with van der Waals surface area (Å²) >= 11 is 3.71. The first kappa shape index (κ1) is 20.5. The smallest absolute Gasteiger partial charge is 0.212 e. The van der Waals surface area contributed by atoms with Crippen LogP contribution in [0.4, 0.5) is 0 Å². The molecular weight excluding hydrogens is 486 g/mol. The van der Waals surface area contributed by atoms with Crippen LogP contribution >= 0.6 is 15.9 Å². The van der Waals surface area contributed by atoms with Gasteiger partial charge in [0, 0.05) is 6.20 Å². The lowest BCUT2D eigenvalue weighted by Gasteiger charge is -2.23. The molecule has 4 nitrogen and oxygen atoms in total. The number of allylic oxidation sites excluding steroid dienone is 4. The minimum absolute atomic E-state index is 0.00296. The van der Waals surface area contributed by atoms with E-state index in [0.717, 1.165) is 37.9 Å². The lowest BCUT2D eigenvalue weighted by Crippen LogP contribution is -2.16. The highest BCUT2D eigenvalue weighted by Gasteiger charge is 2.36. The predicted molar refractivity (Wildman–Crippen MR) is 139 cm³/mol. The third kappa shape index (κ3) is 3.42. The van der Waals surface area contributed by atoms with Crippen molar-refractivity contribution in [3.63, 3.8) is 0 Å². The molecule has 0 aliphatic carbocycles. The van der Waals surface area contributed by atoms with Crippen LogP contribution in [0.1, 0.15) is 16.8 Å². The Bertz CT molecular complexity index is 1570. The van der Waals surface area contributed by atoms with Crippen LogP contribution in [0, 0.1) is 0 Å². The van der Waals surface area contributed by atoms with Gasteiger partial charge in [0.1, 0.15) is 0 Å². The number of halogens is 1. The summed E-state index contributed by atoms with van der Waals surface area (Å²) in [6.07, 6.45) is 7.62. The second kappa shape index (κ2) is 8.36. The van der Waals surface area contributed by atoms with Gasteiger partial charge in [-0.2, -0.15) is 0 Å². The summed E-state index contributed by atoms with van der Waals surface area (Å²) < 4.78 is 0.788. The fourth-order valence-electron chi connectivity index (χ4n) is 4.33. The van der Waals surface area contributed by atoms with Gasteiger partial charge in [-0.1, -0.05) is 72.8 Å². The molecule has 3 aromatic carbocycles. The molecule has 0 saturated carbocycles. The first-order valence-corrected chi connectivity index (χ1v) is 11.7. The van der Waals surface area contributed by atoms with E-state index in [2.05, 4.69) is 20.9 Å². The van der Waals surface area contributed by atoms with E-state index in [1.165, 1.54) is 0 Å². The molecule has 0 N–H and O–H groups in total. The average molecular weight is 504 g/mol. The van der Waals surface area contributed by atoms with Crippen molar-refractivity contribution in [3.8, 4) is 0 Å². The van der Waals surface area contributed by atoms with Gasteiger partial charge in [-0.3, -0.25) is 9.78 Å². The van der Waals surface area contributed by atoms with Crippen LogP contribution in [0.5, 0.6) is 0 Å². The predicted octanol–water partition coefficient (Wildman–Crippen LogP) is 6.60. The van der Waals surface area contributed by atoms with Gasteiger partial charge in [-0.15, -0.1) is 0 Å². The molecule has 0 saturated heterocycles. The summed E-state index contributed by atoms with van der Waals surface area (Å²) in [5, 5.41) is 0. The van der Waals surface area contributed by atoms with Crippen LogP contribution in [0.25, 0.3) is 26.8 Å². The average Bonchev–Trinajstić information content (AvgIpc) is 3.20. The Hall–Kier alpha value is -4.09. The molecule has 2 aliphatic heterocycles. The lowest BCUT2D eigenvalue weighted by molar-refractivity contribution is -0.110. The van der Waals surface area contributed by atoms with Crippen LogP contribution in [0.3, 0.4) is 0 Å². The number of para-hydroxylation sites is 2. The number of hydrogen-bond donors (Lipinski definition) is 0. The van der Waals surface area contributed by atoms with Crippen LogP contribution in [0.2, 0.25) is 0 Å². The molecule has 3 heterocycles. The summed E-state index contributed by atoms with van der Waals surface area (Å²) in [5.41, 5.74) is 7.35. The second-order valence-corrected chi connectivity index (χ2v) is 8.81. The Morgan fingerprint density at radius 2 is 1.44 bits per heavy atom. The minimum Gasteiger partial charge on any atom is -0.312 e. The van der Waals surface area contributed by atoms with Crippen molar-refractivity contribution in [2.45, 2.75) is 0 Å². The van der Waals surface area contributed by atoms with Gasteiger partial charge in [0.15, 0.2) is 0 Å². The first-order valence-electron chi connectivity index (χ1n) is 10.9. The molecule has 6 rings (SSSR count). The molecule has 162 valence electrons. The quantitative estimate of drug-likeness (QED) is 0.316. The molecule has 0 bridgehead atoms. The molecule has 34 heavy (non-hydrogen) atoms. The SMILES string of the molecule is O=C1C2=C/C(=C(/Br)c3cnc4ccccc4n3)C=CN2C(c2ccccc2)=C1c1ccccc1. The first-order chi connectivity index (χ1) is 16.7. The summed E-state index contributed by atoms with van der Waals surface area (Å²) in [4.78, 5) is 25.0. The minimum atomic E-state index is -0.00296. The summed E-state index contributed by atoms with van der Waals surface area (Å²) in [7, 11) is 0. The van der Waals surface area contributed by atoms with Crippen molar-refractivity contribution in [1.82, 2.24) is 14.9 Å². The Labute approximate surface area is 205 Å². The molecule has 1 aromatic heterocycles. The zero-order valence-corrected chi connectivity index (χ0v) is 19.6. The van der Waals surface area contributed by atoms with Gasteiger partial charge in [0.05, 0.1) is 44.4 Å². The molecule has 5 heteroatoms. The van der Waals surface area contributed by atoms with Gasteiger partial charge >= 0.3 is 0 Å². The maximum atomic E-state index is 13.7. The van der Waals surface area contributed by atoms with Crippen molar-refractivity contribution in [3.05, 3.63) is 138 Å². The molecule has 0 radical (unpaired) electrons. The standard InChI is InChI=1S/C29H18BrN3O/c30-27(24-18-31-22-13-7-8-14-23(22)32-24)21-15-16-33-25(17-21)29(34)26(19-9-3-1-4-10-19)28(33)20-11-5-2-6-12-20/h1-18H/b27-21+. The van der Waals surface area contributed by atoms with E-state index in [9.17, 15) is 4.79 Å². The number of rotatable bonds is 3. The Kier molecular flexibility index (Phi) is 5.04. The van der Waals surface area contributed by atoms with Gasteiger partial charge in [-0.25, -0.2) is 4.98 Å². The fraction of sp³-hybridized carbons (Fsp3) is 0. The molecule has 4 aromatic rings. The number of benzene rings is 3. The van der Waals surface area contributed by atoms with E-state index < -0.39 is 0 Å². The van der Waals surface area contributed by atoms with Gasteiger partial charge in [0.25, 0.3) is 0 Å². The van der Waals surface area contributed by atoms with Crippen LogP contribution in [-0.2, 0) is 4.79 Å². The van der Waals surface area contributed by atoms with Crippen LogP contribution < -0.4 is 0 Å². The summed E-state index contributed by atoms with van der Waals surface area (Å²) in [6, 6.07) is 27.6. The van der Waals surface area contributed by atoms with Crippen molar-refractivity contribution in [1.29, 1.82) is 0 Å². The third-order valence-electron chi connectivity index (χ3n) is 5.93. The van der Waals surface area contributed by atoms with E-state index >= 15 is 0 Å². The summed E-state index contributed by atoms with van der Waals surface area (Å²) in [6.45, 7) is 0.